The largest absolute Gasteiger partial charge is 0.338 e. The Morgan fingerprint density at radius 2 is 1.92 bits per heavy atom. The molecule has 26 heavy (non-hydrogen) atoms. The molecule has 0 aliphatic carbocycles. The van der Waals surface area contributed by atoms with E-state index in [4.69, 9.17) is 9.78 Å². The monoisotopic (exact) mass is 368 g/mol. The molecule has 0 amide bonds. The lowest BCUT2D eigenvalue weighted by Crippen LogP contribution is -2.09. The Morgan fingerprint density at radius 1 is 1.19 bits per heavy atom. The van der Waals surface area contributed by atoms with Crippen molar-refractivity contribution in [1.29, 1.82) is 5.26 Å². The van der Waals surface area contributed by atoms with Crippen molar-refractivity contribution in [3.63, 3.8) is 0 Å². The fourth-order valence-corrected chi connectivity index (χ4v) is 3.01. The number of sulfonamides is 1. The summed E-state index contributed by atoms with van der Waals surface area (Å²) in [5, 5.41) is 13.0. The summed E-state index contributed by atoms with van der Waals surface area (Å²) in [4.78, 5) is 4.42. The zero-order valence-corrected chi connectivity index (χ0v) is 15.0. The Bertz CT molecular complexity index is 1070. The molecule has 7 nitrogen and oxygen atoms in total. The number of nitrogens with zero attached hydrogens (tertiary/aromatic N) is 3. The summed E-state index contributed by atoms with van der Waals surface area (Å²) in [6.07, 6.45) is 1.09. The predicted octanol–water partition coefficient (Wildman–Crippen LogP) is 3.13. The topological polar surface area (TPSA) is 109 Å². The van der Waals surface area contributed by atoms with Gasteiger partial charge in [-0.3, -0.25) is 4.72 Å². The second-order valence-electron chi connectivity index (χ2n) is 5.87. The first-order chi connectivity index (χ1) is 12.4. The summed E-state index contributed by atoms with van der Waals surface area (Å²) in [6.45, 7) is 1.92. The SMILES string of the molecule is CC(c1cccc(C#N)c1)c1nc(-c2ccc(NS(C)(=O)=O)cc2)no1. The van der Waals surface area contributed by atoms with Crippen LogP contribution in [-0.2, 0) is 10.0 Å². The van der Waals surface area contributed by atoms with Gasteiger partial charge < -0.3 is 4.52 Å². The average Bonchev–Trinajstić information content (AvgIpc) is 3.10. The van der Waals surface area contributed by atoms with E-state index in [9.17, 15) is 8.42 Å². The molecule has 0 aliphatic heterocycles. The molecular formula is C18H16N4O3S. The molecular weight excluding hydrogens is 352 g/mol. The summed E-state index contributed by atoms with van der Waals surface area (Å²) in [5.41, 5.74) is 2.65. The minimum absolute atomic E-state index is 0.157. The van der Waals surface area contributed by atoms with Crippen LogP contribution in [0.25, 0.3) is 11.4 Å². The molecule has 1 heterocycles. The Hall–Kier alpha value is -3.18. The first-order valence-corrected chi connectivity index (χ1v) is 9.67. The van der Waals surface area contributed by atoms with Crippen LogP contribution in [0.15, 0.2) is 53.1 Å². The van der Waals surface area contributed by atoms with Crippen molar-refractivity contribution >= 4 is 15.7 Å². The van der Waals surface area contributed by atoms with Crippen LogP contribution >= 0.6 is 0 Å². The Balaban J connectivity index is 1.82. The number of anilines is 1. The van der Waals surface area contributed by atoms with E-state index in [-0.39, 0.29) is 5.92 Å². The second-order valence-corrected chi connectivity index (χ2v) is 7.62. The Labute approximate surface area is 151 Å². The molecule has 1 unspecified atom stereocenters. The van der Waals surface area contributed by atoms with Gasteiger partial charge in [-0.25, -0.2) is 8.42 Å². The number of nitriles is 1. The van der Waals surface area contributed by atoms with Gasteiger partial charge in [-0.15, -0.1) is 0 Å². The zero-order chi connectivity index (χ0) is 18.7. The van der Waals surface area contributed by atoms with Gasteiger partial charge in [-0.05, 0) is 48.9 Å². The molecule has 2 aromatic carbocycles. The van der Waals surface area contributed by atoms with Crippen LogP contribution in [0.3, 0.4) is 0 Å². The molecule has 1 aromatic heterocycles. The highest BCUT2D eigenvalue weighted by Crippen LogP contribution is 2.26. The van der Waals surface area contributed by atoms with Crippen LogP contribution in [0.2, 0.25) is 0 Å². The number of nitrogens with one attached hydrogen (secondary N) is 1. The van der Waals surface area contributed by atoms with Crippen LogP contribution < -0.4 is 4.72 Å². The third-order valence-corrected chi connectivity index (χ3v) is 4.38. The number of aromatic nitrogens is 2. The average molecular weight is 368 g/mol. The molecule has 3 rings (SSSR count). The maximum Gasteiger partial charge on any atom is 0.234 e. The van der Waals surface area contributed by atoms with E-state index < -0.39 is 10.0 Å². The number of rotatable bonds is 5. The minimum atomic E-state index is -3.32. The highest BCUT2D eigenvalue weighted by atomic mass is 32.2. The van der Waals surface area contributed by atoms with Gasteiger partial charge in [-0.2, -0.15) is 10.2 Å². The molecule has 3 aromatic rings. The van der Waals surface area contributed by atoms with Crippen molar-refractivity contribution in [2.75, 3.05) is 11.0 Å². The summed E-state index contributed by atoms with van der Waals surface area (Å²) >= 11 is 0. The number of hydrogen-bond acceptors (Lipinski definition) is 6. The normalized spacial score (nSPS) is 12.3. The molecule has 1 N–H and O–H groups in total. The van der Waals surface area contributed by atoms with E-state index in [2.05, 4.69) is 20.9 Å². The van der Waals surface area contributed by atoms with E-state index in [0.29, 0.717) is 28.5 Å². The van der Waals surface area contributed by atoms with Crippen molar-refractivity contribution in [2.24, 2.45) is 0 Å². The van der Waals surface area contributed by atoms with E-state index in [1.807, 2.05) is 19.1 Å². The lowest BCUT2D eigenvalue weighted by molar-refractivity contribution is 0.371. The molecule has 132 valence electrons. The first-order valence-electron chi connectivity index (χ1n) is 7.77. The molecule has 0 saturated heterocycles. The standard InChI is InChI=1S/C18H16N4O3S/c1-12(15-5-3-4-13(10-15)11-19)18-20-17(21-25-18)14-6-8-16(9-7-14)22-26(2,23)24/h3-10,12,22H,1-2H3. The Kier molecular flexibility index (Phi) is 4.73. The summed E-state index contributed by atoms with van der Waals surface area (Å²) < 4.78 is 30.2. The maximum absolute atomic E-state index is 11.2. The Morgan fingerprint density at radius 3 is 2.58 bits per heavy atom. The molecule has 0 saturated carbocycles. The van der Waals surface area contributed by atoms with Crippen LogP contribution in [0, 0.1) is 11.3 Å². The molecule has 0 bridgehead atoms. The van der Waals surface area contributed by atoms with E-state index in [1.54, 1.807) is 36.4 Å². The van der Waals surface area contributed by atoms with Crippen molar-refractivity contribution in [2.45, 2.75) is 12.8 Å². The fraction of sp³-hybridized carbons (Fsp3) is 0.167. The zero-order valence-electron chi connectivity index (χ0n) is 14.2. The fourth-order valence-electron chi connectivity index (χ4n) is 2.45. The van der Waals surface area contributed by atoms with Gasteiger partial charge >= 0.3 is 0 Å². The van der Waals surface area contributed by atoms with Crippen LogP contribution in [0.1, 0.15) is 29.9 Å². The van der Waals surface area contributed by atoms with Gasteiger partial charge in [0.2, 0.25) is 21.7 Å². The van der Waals surface area contributed by atoms with Gasteiger partial charge in [0.05, 0.1) is 23.8 Å². The summed E-state index contributed by atoms with van der Waals surface area (Å²) in [7, 11) is -3.32. The van der Waals surface area contributed by atoms with Crippen molar-refractivity contribution in [3.05, 3.63) is 65.5 Å². The summed E-state index contributed by atoms with van der Waals surface area (Å²) in [6, 6.07) is 16.0. The lowest BCUT2D eigenvalue weighted by Gasteiger charge is -2.06. The quantitative estimate of drug-likeness (QED) is 0.741. The van der Waals surface area contributed by atoms with E-state index >= 15 is 0 Å². The van der Waals surface area contributed by atoms with Gasteiger partial charge in [0.25, 0.3) is 0 Å². The smallest absolute Gasteiger partial charge is 0.234 e. The molecule has 0 spiro atoms. The molecule has 0 radical (unpaired) electrons. The maximum atomic E-state index is 11.2. The minimum Gasteiger partial charge on any atom is -0.338 e. The van der Waals surface area contributed by atoms with Gasteiger partial charge in [-0.1, -0.05) is 17.3 Å². The van der Waals surface area contributed by atoms with Gasteiger partial charge in [0.15, 0.2) is 0 Å². The van der Waals surface area contributed by atoms with E-state index in [1.165, 1.54) is 0 Å². The highest BCUT2D eigenvalue weighted by Gasteiger charge is 2.17. The predicted molar refractivity (Wildman–Crippen MR) is 96.9 cm³/mol. The van der Waals surface area contributed by atoms with Crippen molar-refractivity contribution in [3.8, 4) is 17.5 Å². The van der Waals surface area contributed by atoms with Gasteiger partial charge in [0, 0.05) is 11.3 Å². The van der Waals surface area contributed by atoms with Crippen molar-refractivity contribution in [1.82, 2.24) is 10.1 Å². The molecule has 0 aliphatic rings. The number of hydrogen-bond donors (Lipinski definition) is 1. The third kappa shape index (κ3) is 4.07. The van der Waals surface area contributed by atoms with Crippen LogP contribution in [-0.4, -0.2) is 24.8 Å². The third-order valence-electron chi connectivity index (χ3n) is 3.77. The highest BCUT2D eigenvalue weighted by molar-refractivity contribution is 7.92. The van der Waals surface area contributed by atoms with Gasteiger partial charge in [0.1, 0.15) is 0 Å². The molecule has 8 heteroatoms. The number of benzene rings is 2. The van der Waals surface area contributed by atoms with Crippen molar-refractivity contribution < 1.29 is 12.9 Å². The molecule has 1 atom stereocenters. The first kappa shape index (κ1) is 17.6. The van der Waals surface area contributed by atoms with Crippen LogP contribution in [0.5, 0.6) is 0 Å². The second kappa shape index (κ2) is 6.98. The summed E-state index contributed by atoms with van der Waals surface area (Å²) in [5.74, 6) is 0.693. The van der Waals surface area contributed by atoms with Crippen LogP contribution in [0.4, 0.5) is 5.69 Å². The lowest BCUT2D eigenvalue weighted by atomic mass is 9.99. The molecule has 0 fully saturated rings. The van der Waals surface area contributed by atoms with E-state index in [0.717, 1.165) is 11.8 Å².